The molecule has 6 N–H and O–H groups in total. The van der Waals surface area contributed by atoms with Crippen molar-refractivity contribution in [3.8, 4) is 0 Å². The molecule has 1 aliphatic rings. The number of allylic oxidation sites excluding steroid dienone is 15. The number of rotatable bonds is 54. The number of amides is 1. The van der Waals surface area contributed by atoms with Crippen molar-refractivity contribution < 1.29 is 49.3 Å². The third kappa shape index (κ3) is 43.3. The zero-order valence-corrected chi connectivity index (χ0v) is 50.9. The highest BCUT2D eigenvalue weighted by Crippen LogP contribution is 2.26. The molecule has 8 atom stereocenters. The Labute approximate surface area is 488 Å². The van der Waals surface area contributed by atoms with Gasteiger partial charge in [-0.3, -0.25) is 9.59 Å². The first-order valence-electron chi connectivity index (χ1n) is 32.5. The third-order valence-electron chi connectivity index (χ3n) is 14.7. The molecule has 1 rings (SSSR count). The first-order valence-corrected chi connectivity index (χ1v) is 32.5. The van der Waals surface area contributed by atoms with E-state index < -0.39 is 67.4 Å². The molecule has 1 saturated heterocycles. The molecule has 1 aliphatic heterocycles. The van der Waals surface area contributed by atoms with Crippen LogP contribution in [0.3, 0.4) is 0 Å². The number of hydrogen-bond donors (Lipinski definition) is 6. The van der Waals surface area contributed by atoms with Gasteiger partial charge in [0.25, 0.3) is 0 Å². The number of carbonyl (C=O) groups excluding carboxylic acids is 2. The largest absolute Gasteiger partial charge is 0.454 e. The van der Waals surface area contributed by atoms with Gasteiger partial charge in [0.15, 0.2) is 12.4 Å². The van der Waals surface area contributed by atoms with Crippen molar-refractivity contribution in [2.75, 3.05) is 13.2 Å². The average molecular weight is 1120 g/mol. The van der Waals surface area contributed by atoms with Crippen molar-refractivity contribution in [2.24, 2.45) is 0 Å². The summed E-state index contributed by atoms with van der Waals surface area (Å²) >= 11 is 0. The lowest BCUT2D eigenvalue weighted by atomic mass is 9.99. The molecule has 0 aromatic rings. The fourth-order valence-electron chi connectivity index (χ4n) is 9.52. The number of esters is 1. The molecule has 11 nitrogen and oxygen atoms in total. The first-order chi connectivity index (χ1) is 39.2. The fourth-order valence-corrected chi connectivity index (χ4v) is 9.52. The number of unbranched alkanes of at least 4 members (excludes halogenated alkanes) is 26. The van der Waals surface area contributed by atoms with E-state index in [2.05, 4.69) is 111 Å². The van der Waals surface area contributed by atoms with Gasteiger partial charge in [0.05, 0.1) is 25.4 Å². The van der Waals surface area contributed by atoms with E-state index >= 15 is 0 Å². The zero-order chi connectivity index (χ0) is 58.2. The van der Waals surface area contributed by atoms with Gasteiger partial charge in [-0.15, -0.1) is 0 Å². The molecule has 0 aliphatic carbocycles. The Morgan fingerprint density at radius 2 is 0.863 bits per heavy atom. The Morgan fingerprint density at radius 1 is 0.487 bits per heavy atom. The summed E-state index contributed by atoms with van der Waals surface area (Å²) in [5, 5.41) is 57.1. The van der Waals surface area contributed by atoms with E-state index in [4.69, 9.17) is 14.2 Å². The summed E-state index contributed by atoms with van der Waals surface area (Å²) in [6.07, 6.45) is 64.3. The van der Waals surface area contributed by atoms with Gasteiger partial charge >= 0.3 is 5.97 Å². The van der Waals surface area contributed by atoms with Gasteiger partial charge < -0.3 is 45.1 Å². The second-order valence-corrected chi connectivity index (χ2v) is 22.1. The summed E-state index contributed by atoms with van der Waals surface area (Å²) in [6, 6.07) is -1.04. The van der Waals surface area contributed by atoms with Crippen molar-refractivity contribution in [3.63, 3.8) is 0 Å². The molecule has 1 fully saturated rings. The van der Waals surface area contributed by atoms with Crippen LogP contribution in [0.1, 0.15) is 265 Å². The van der Waals surface area contributed by atoms with Crippen LogP contribution in [0.15, 0.2) is 97.2 Å². The number of aliphatic hydroxyl groups excluding tert-OH is 5. The second-order valence-electron chi connectivity index (χ2n) is 22.1. The van der Waals surface area contributed by atoms with E-state index in [-0.39, 0.29) is 19.4 Å². The predicted octanol–water partition coefficient (Wildman–Crippen LogP) is 15.9. The minimum atomic E-state index is -1.63. The van der Waals surface area contributed by atoms with Crippen LogP contribution in [0, 0.1) is 0 Å². The van der Waals surface area contributed by atoms with Crippen molar-refractivity contribution in [1.29, 1.82) is 0 Å². The molecule has 0 bridgehead atoms. The van der Waals surface area contributed by atoms with Crippen LogP contribution >= 0.6 is 0 Å². The molecule has 11 heteroatoms. The maximum Gasteiger partial charge on any atom is 0.306 e. The second kappa shape index (κ2) is 56.1. The summed E-state index contributed by atoms with van der Waals surface area (Å²) < 4.78 is 17.6. The lowest BCUT2D eigenvalue weighted by molar-refractivity contribution is -0.305. The van der Waals surface area contributed by atoms with E-state index in [9.17, 15) is 35.1 Å². The Bertz CT molecular complexity index is 1670. The molecule has 1 amide bonds. The smallest absolute Gasteiger partial charge is 0.306 e. The van der Waals surface area contributed by atoms with Gasteiger partial charge in [0, 0.05) is 6.42 Å². The summed E-state index contributed by atoms with van der Waals surface area (Å²) in [6.45, 7) is 5.71. The molecule has 0 aromatic carbocycles. The number of nitrogens with one attached hydrogen (secondary N) is 1. The van der Waals surface area contributed by atoms with Gasteiger partial charge in [-0.2, -0.15) is 0 Å². The van der Waals surface area contributed by atoms with Gasteiger partial charge in [-0.05, 0) is 109 Å². The molecule has 8 unspecified atom stereocenters. The SMILES string of the molecule is CCCCC/C=C\C/C=C\C/C=C\C/C=C\CCCCCCCC(=O)OC1C(OCC(NC(=O)C(O)CCCCCCC/C=C\C/C=C\C/C=C\CCCCC)C(O)/C=C/CCCCCCCCCCCC)OC(CO)C(O)C1O. The van der Waals surface area contributed by atoms with E-state index in [1.165, 1.54) is 96.3 Å². The van der Waals surface area contributed by atoms with E-state index in [0.29, 0.717) is 12.8 Å². The number of hydrogen-bond acceptors (Lipinski definition) is 10. The van der Waals surface area contributed by atoms with Crippen LogP contribution in [0.25, 0.3) is 0 Å². The van der Waals surface area contributed by atoms with Crippen molar-refractivity contribution in [3.05, 3.63) is 97.2 Å². The zero-order valence-electron chi connectivity index (χ0n) is 50.9. The normalized spacial score (nSPS) is 19.4. The summed E-state index contributed by atoms with van der Waals surface area (Å²) in [4.78, 5) is 26.6. The van der Waals surface area contributed by atoms with Gasteiger partial charge in [0.2, 0.25) is 5.91 Å². The fraction of sp³-hybridized carbons (Fsp3) is 0.739. The van der Waals surface area contributed by atoms with Crippen LogP contribution in [0.4, 0.5) is 0 Å². The minimum absolute atomic E-state index is 0.0963. The summed E-state index contributed by atoms with van der Waals surface area (Å²) in [5.74, 6) is -1.23. The molecule has 0 aromatic heterocycles. The van der Waals surface area contributed by atoms with Crippen molar-refractivity contribution >= 4 is 11.9 Å². The average Bonchev–Trinajstić information content (AvgIpc) is 3.45. The molecule has 0 radical (unpaired) electrons. The van der Waals surface area contributed by atoms with Crippen LogP contribution < -0.4 is 5.32 Å². The Morgan fingerprint density at radius 3 is 1.31 bits per heavy atom. The molecular weight excluding hydrogens is 1000 g/mol. The van der Waals surface area contributed by atoms with E-state index in [1.54, 1.807) is 6.08 Å². The summed E-state index contributed by atoms with van der Waals surface area (Å²) in [7, 11) is 0. The van der Waals surface area contributed by atoms with Crippen molar-refractivity contribution in [2.45, 2.75) is 314 Å². The van der Waals surface area contributed by atoms with Crippen LogP contribution in [0.2, 0.25) is 0 Å². The summed E-state index contributed by atoms with van der Waals surface area (Å²) in [5.41, 5.74) is 0. The van der Waals surface area contributed by atoms with E-state index in [0.717, 1.165) is 122 Å². The first kappa shape index (κ1) is 74.6. The standard InChI is InChI=1S/C69H119NO10/c1-4-7-10-13-16-19-22-25-27-29-31-32-33-35-37-39-42-45-48-51-54-57-64(74)80-67-66(76)65(75)63(58-71)79-69(67)78-59-60(61(72)55-52-49-46-43-40-24-21-18-15-12-9-6-3)70-68(77)62(73)56-53-50-47-44-41-38-36-34-30-28-26-23-20-17-14-11-8-5-2/h16-17,19-20,25-28,31-32,34-37,52,55,60-63,65-67,69,71-73,75-76H,4-15,18,21-24,29-30,33,38-51,53-54,56-59H2,1-3H3,(H,70,77)/b19-16-,20-17-,27-25-,28-26-,32-31-,36-34-,37-35-,55-52+. The maximum atomic E-state index is 13.4. The van der Waals surface area contributed by atoms with Crippen LogP contribution in [-0.4, -0.2) is 99.6 Å². The monoisotopic (exact) mass is 1120 g/mol. The third-order valence-corrected chi connectivity index (χ3v) is 14.7. The number of ether oxygens (including phenoxy) is 3. The number of aliphatic hydroxyl groups is 5. The lowest BCUT2D eigenvalue weighted by Crippen LogP contribution is -2.61. The Balaban J connectivity index is 2.68. The van der Waals surface area contributed by atoms with Crippen molar-refractivity contribution in [1.82, 2.24) is 5.32 Å². The molecule has 0 spiro atoms. The molecule has 1 heterocycles. The topological polar surface area (TPSA) is 175 Å². The molecule has 80 heavy (non-hydrogen) atoms. The minimum Gasteiger partial charge on any atom is -0.454 e. The van der Waals surface area contributed by atoms with Gasteiger partial charge in [-0.25, -0.2) is 0 Å². The quantitative estimate of drug-likeness (QED) is 0.0195. The van der Waals surface area contributed by atoms with Crippen LogP contribution in [-0.2, 0) is 23.8 Å². The highest BCUT2D eigenvalue weighted by Gasteiger charge is 2.47. The van der Waals surface area contributed by atoms with Gasteiger partial charge in [-0.1, -0.05) is 246 Å². The van der Waals surface area contributed by atoms with E-state index in [1.807, 2.05) is 6.08 Å². The Hall–Kier alpha value is -3.42. The lowest BCUT2D eigenvalue weighted by Gasteiger charge is -2.41. The number of carbonyl (C=O) groups is 2. The Kier molecular flexibility index (Phi) is 52.3. The maximum absolute atomic E-state index is 13.4. The van der Waals surface area contributed by atoms with Crippen LogP contribution in [0.5, 0.6) is 0 Å². The predicted molar refractivity (Wildman–Crippen MR) is 333 cm³/mol. The van der Waals surface area contributed by atoms with Gasteiger partial charge in [0.1, 0.15) is 24.4 Å². The highest BCUT2D eigenvalue weighted by molar-refractivity contribution is 5.80. The molecule has 460 valence electrons. The molecule has 0 saturated carbocycles. The molecular formula is C69H119NO10. The highest BCUT2D eigenvalue weighted by atomic mass is 16.7.